The van der Waals surface area contributed by atoms with Gasteiger partial charge < -0.3 is 195 Å². The van der Waals surface area contributed by atoms with Crippen molar-refractivity contribution in [2.24, 2.45) is 0 Å². The first-order valence-electron chi connectivity index (χ1n) is 27.9. The monoisotopic (exact) mass is 1310 g/mol. The van der Waals surface area contributed by atoms with Gasteiger partial charge in [-0.05, 0) is 0 Å². The normalized spacial score (nSPS) is 49.3. The van der Waals surface area contributed by atoms with Crippen LogP contribution >= 0.6 is 0 Å². The van der Waals surface area contributed by atoms with Gasteiger partial charge in [-0.1, -0.05) is 0 Å². The Kier molecular flexibility index (Phi) is 26.0. The molecule has 0 bridgehead atoms. The summed E-state index contributed by atoms with van der Waals surface area (Å²) in [6.07, 6.45) is -77.9. The molecule has 0 aromatic carbocycles. The highest BCUT2D eigenvalue weighted by Crippen LogP contribution is 2.41. The molecule has 1 amide bonds. The molecule has 7 rings (SSSR count). The minimum Gasteiger partial charge on any atom is -0.477 e. The van der Waals surface area contributed by atoms with Gasteiger partial charge in [0, 0.05) is 13.3 Å². The predicted molar refractivity (Wildman–Crippen MR) is 267 cm³/mol. The molecular formula is C48H81NO40. The lowest BCUT2D eigenvalue weighted by Gasteiger charge is -2.52. The third kappa shape index (κ3) is 15.6. The first kappa shape index (κ1) is 73.9. The molecule has 518 valence electrons. The number of aliphatic carboxylic acids is 1. The number of aliphatic hydroxyl groups excluding tert-OH is 23. The second-order valence-corrected chi connectivity index (χ2v) is 22.3. The molecule has 7 heterocycles. The number of hydrogen-bond acceptors (Lipinski definition) is 39. The topological polar surface area (TPSA) is 672 Å². The quantitative estimate of drug-likeness (QED) is 0.0427. The van der Waals surface area contributed by atoms with Crippen molar-refractivity contribution < 1.29 is 199 Å². The third-order valence-electron chi connectivity index (χ3n) is 16.2. The van der Waals surface area contributed by atoms with Crippen molar-refractivity contribution in [1.82, 2.24) is 5.32 Å². The summed E-state index contributed by atoms with van der Waals surface area (Å²) in [4.78, 5) is 24.5. The zero-order chi connectivity index (χ0) is 66.0. The van der Waals surface area contributed by atoms with Crippen molar-refractivity contribution in [3.63, 3.8) is 0 Å². The Balaban J connectivity index is 1.23. The van der Waals surface area contributed by atoms with Crippen LogP contribution in [0.15, 0.2) is 0 Å². The van der Waals surface area contributed by atoms with Gasteiger partial charge >= 0.3 is 5.97 Å². The van der Waals surface area contributed by atoms with Crippen LogP contribution in [-0.4, -0.2) is 412 Å². The SMILES string of the molecule is CC(=O)N[C@H]1[C@@H](O[C@@H]2[C@@H](O[C@@H]3[C@H](O)[C@@H](O[C@H]4[C@@H]([C@H](O)CO)OC(O)(C(=O)O)C[C@H]4O)O[C@H]([C@@H](O)CO)[C@H]3O[C@@H]3O[C@H](CO)[C@@H](O[C@@H]4O[C@H](CO)[C@H](O[C@H]5O[C@H](CO)[C@H](O)[C@H](O)[C@H]5O)[C@H](O)[C@H]4O)[C@H](O)[C@H]3O)O[C@H]([C@@H](O)CO)[C@@H](O)[C@@H]2O)O[C@H](CO)[C@@H](O)[C@@H]1O. The number of amides is 1. The van der Waals surface area contributed by atoms with Crippen LogP contribution in [0.4, 0.5) is 0 Å². The average molecular weight is 1310 g/mol. The van der Waals surface area contributed by atoms with Crippen LogP contribution in [0.2, 0.25) is 0 Å². The Bertz CT molecular complexity index is 2220. The van der Waals surface area contributed by atoms with Crippen molar-refractivity contribution in [3.8, 4) is 0 Å². The fourth-order valence-corrected chi connectivity index (χ4v) is 11.3. The van der Waals surface area contributed by atoms with Gasteiger partial charge in [-0.15, -0.1) is 0 Å². The van der Waals surface area contributed by atoms with E-state index in [1.165, 1.54) is 0 Å². The lowest BCUT2D eigenvalue weighted by molar-refractivity contribution is -0.415. The Morgan fingerprint density at radius 1 is 0.416 bits per heavy atom. The summed E-state index contributed by atoms with van der Waals surface area (Å²) in [5.74, 6) is -6.29. The number of ether oxygens (including phenoxy) is 13. The zero-order valence-corrected chi connectivity index (χ0v) is 46.7. The summed E-state index contributed by atoms with van der Waals surface area (Å²) in [6, 6.07) is -1.83. The summed E-state index contributed by atoms with van der Waals surface area (Å²) >= 11 is 0. The third-order valence-corrected chi connectivity index (χ3v) is 16.2. The van der Waals surface area contributed by atoms with Gasteiger partial charge in [0.05, 0.1) is 52.4 Å². The molecule has 0 aromatic heterocycles. The number of carbonyl (C=O) groups is 2. The zero-order valence-electron chi connectivity index (χ0n) is 46.7. The summed E-state index contributed by atoms with van der Waals surface area (Å²) in [6.45, 7) is -7.21. The Morgan fingerprint density at radius 2 is 0.798 bits per heavy atom. The van der Waals surface area contributed by atoms with E-state index < -0.39 is 291 Å². The summed E-state index contributed by atoms with van der Waals surface area (Å²) in [5.41, 5.74) is 0. The molecule has 7 fully saturated rings. The van der Waals surface area contributed by atoms with Gasteiger partial charge in [-0.2, -0.15) is 0 Å². The van der Waals surface area contributed by atoms with Crippen molar-refractivity contribution in [1.29, 1.82) is 0 Å². The lowest BCUT2D eigenvalue weighted by atomic mass is 9.91. The fourth-order valence-electron chi connectivity index (χ4n) is 11.3. The molecule has 1 unspecified atom stereocenters. The van der Waals surface area contributed by atoms with E-state index in [1.807, 2.05) is 0 Å². The van der Waals surface area contributed by atoms with Gasteiger partial charge in [0.2, 0.25) is 5.91 Å². The molecule has 0 radical (unpaired) electrons. The molecule has 41 heteroatoms. The number of carboxylic acid groups (broad SMARTS) is 1. The van der Waals surface area contributed by atoms with Crippen molar-refractivity contribution >= 4 is 11.9 Å². The largest absolute Gasteiger partial charge is 0.477 e. The molecular weight excluding hydrogens is 1230 g/mol. The number of rotatable bonds is 24. The molecule has 7 aliphatic rings. The predicted octanol–water partition coefficient (Wildman–Crippen LogP) is -17.6. The second-order valence-electron chi connectivity index (χ2n) is 22.3. The van der Waals surface area contributed by atoms with Crippen LogP contribution in [0.5, 0.6) is 0 Å². The maximum atomic E-state index is 12.5. The highest BCUT2D eigenvalue weighted by molar-refractivity contribution is 5.75. The molecule has 7 saturated heterocycles. The van der Waals surface area contributed by atoms with Crippen molar-refractivity contribution in [3.05, 3.63) is 0 Å². The van der Waals surface area contributed by atoms with Crippen LogP contribution in [0.25, 0.3) is 0 Å². The fraction of sp³-hybridized carbons (Fsp3) is 0.958. The van der Waals surface area contributed by atoms with Gasteiger partial charge in [-0.25, -0.2) is 4.79 Å². The van der Waals surface area contributed by atoms with E-state index in [2.05, 4.69) is 5.32 Å². The van der Waals surface area contributed by atoms with E-state index in [9.17, 15) is 137 Å². The minimum absolute atomic E-state index is 0.899. The maximum Gasteiger partial charge on any atom is 0.364 e. The molecule has 37 atom stereocenters. The van der Waals surface area contributed by atoms with E-state index >= 15 is 0 Å². The number of nitrogens with one attached hydrogen (secondary N) is 1. The van der Waals surface area contributed by atoms with E-state index in [4.69, 9.17) is 61.6 Å². The van der Waals surface area contributed by atoms with Crippen LogP contribution in [0.3, 0.4) is 0 Å². The van der Waals surface area contributed by atoms with Gasteiger partial charge in [-0.3, -0.25) is 4.79 Å². The van der Waals surface area contributed by atoms with E-state index in [0.717, 1.165) is 6.92 Å². The Labute approximate surface area is 501 Å². The van der Waals surface area contributed by atoms with Crippen LogP contribution in [0, 0.1) is 0 Å². The first-order valence-corrected chi connectivity index (χ1v) is 27.9. The van der Waals surface area contributed by atoms with E-state index in [0.29, 0.717) is 0 Å². The molecule has 0 aliphatic carbocycles. The Hall–Kier alpha value is -2.54. The summed E-state index contributed by atoms with van der Waals surface area (Å²) in [5, 5.41) is 273. The standard InChI is InChI=1S/C48H81NO40/c1-10(57)49-19-22(64)20(62)15(6-53)77-41(19)87-39-25(67)24(66)32(12(59)3-50)81-46(39)86-38-31(73)45(82-33-11(58)2-48(76,47(74)75)89-35(33)14(61)5-52)83-34(13(60)4-51)40(38)88-44-30(72)27(69)37(18(9-56)80-44)85-43-29(71)26(68)36(17(8-55)79-43)84-42-28(70)23(65)21(63)16(7-54)78-42/h11-46,50-56,58-73,76H,2-9H2,1H3,(H,49,57)(H,74,75)/t11-,12+,13+,14-,15-,16-,17-,18-,19-,20-,21+,22-,23+,24+,25+,26-,27-,28-,29-,30-,31+,32-,33-,34-,35-,36+,37-,38-,39+,40-,41-,42-,43+,44+,45+,46-,48?/m1/s1. The van der Waals surface area contributed by atoms with Crippen molar-refractivity contribution in [2.75, 3.05) is 46.2 Å². The van der Waals surface area contributed by atoms with Crippen LogP contribution in [-0.2, 0) is 71.2 Å². The van der Waals surface area contributed by atoms with Crippen LogP contribution in [0.1, 0.15) is 13.3 Å². The van der Waals surface area contributed by atoms with Gasteiger partial charge in [0.15, 0.2) is 37.7 Å². The lowest BCUT2D eigenvalue weighted by Crippen LogP contribution is -2.71. The number of hydrogen-bond donors (Lipinski definition) is 26. The van der Waals surface area contributed by atoms with Gasteiger partial charge in [0.25, 0.3) is 5.79 Å². The molecule has 26 N–H and O–H groups in total. The maximum absolute atomic E-state index is 12.5. The van der Waals surface area contributed by atoms with E-state index in [-0.39, 0.29) is 0 Å². The first-order chi connectivity index (χ1) is 41.9. The number of carboxylic acids is 1. The minimum atomic E-state index is -3.28. The Morgan fingerprint density at radius 3 is 1.28 bits per heavy atom. The highest BCUT2D eigenvalue weighted by Gasteiger charge is 2.62. The highest BCUT2D eigenvalue weighted by atomic mass is 16.8. The van der Waals surface area contributed by atoms with Crippen LogP contribution < -0.4 is 5.32 Å². The summed E-state index contributed by atoms with van der Waals surface area (Å²) in [7, 11) is 0. The van der Waals surface area contributed by atoms with Gasteiger partial charge in [0.1, 0.15) is 177 Å². The van der Waals surface area contributed by atoms with Crippen molar-refractivity contribution in [2.45, 2.75) is 240 Å². The molecule has 7 aliphatic heterocycles. The average Bonchev–Trinajstić information content (AvgIpc) is 1.02. The molecule has 0 aromatic rings. The second kappa shape index (κ2) is 31.3. The molecule has 0 spiro atoms. The number of carbonyl (C=O) groups excluding carboxylic acids is 1. The number of aliphatic hydroxyl groups is 24. The molecule has 89 heavy (non-hydrogen) atoms. The van der Waals surface area contributed by atoms with E-state index in [1.54, 1.807) is 0 Å². The summed E-state index contributed by atoms with van der Waals surface area (Å²) < 4.78 is 74.7. The molecule has 0 saturated carbocycles. The molecule has 41 nitrogen and oxygen atoms in total. The smallest absolute Gasteiger partial charge is 0.364 e.